The molecule has 5 nitrogen and oxygen atoms in total. The van der Waals surface area contributed by atoms with Gasteiger partial charge in [0.15, 0.2) is 6.10 Å². The van der Waals surface area contributed by atoms with Crippen LogP contribution in [0, 0.1) is 6.92 Å². The van der Waals surface area contributed by atoms with Gasteiger partial charge in [0.1, 0.15) is 0 Å². The van der Waals surface area contributed by atoms with Crippen LogP contribution in [0.1, 0.15) is 17.2 Å². The smallest absolute Gasteiger partial charge is 0.429 e. The molecule has 2 aromatic rings. The van der Waals surface area contributed by atoms with E-state index in [9.17, 15) is 13.2 Å². The Kier molecular flexibility index (Phi) is 4.90. The molecule has 25 heavy (non-hydrogen) atoms. The maximum atomic E-state index is 12.9. The van der Waals surface area contributed by atoms with Crippen molar-refractivity contribution in [3.63, 3.8) is 0 Å². The van der Waals surface area contributed by atoms with Crippen molar-refractivity contribution in [3.05, 3.63) is 75.4 Å². The lowest BCUT2D eigenvalue weighted by Gasteiger charge is -2.16. The van der Waals surface area contributed by atoms with Crippen molar-refractivity contribution in [1.29, 1.82) is 0 Å². The van der Waals surface area contributed by atoms with Gasteiger partial charge in [-0.25, -0.2) is 13.2 Å². The molecule has 8 heteroatoms. The fourth-order valence-corrected chi connectivity index (χ4v) is 4.51. The number of hydrogen-bond acceptors (Lipinski definition) is 4. The Hall–Kier alpha value is -1.83. The minimum Gasteiger partial charge on any atom is -0.434 e. The quantitative estimate of drug-likeness (QED) is 0.687. The number of cyclic esters (lactones) is 1. The van der Waals surface area contributed by atoms with E-state index in [0.29, 0.717) is 14.9 Å². The molecule has 0 radical (unpaired) electrons. The fraction of sp³-hybridized carbons (Fsp3) is 0.118. The Labute approximate surface area is 159 Å². The maximum Gasteiger partial charge on any atom is 0.429 e. The summed E-state index contributed by atoms with van der Waals surface area (Å²) in [5.41, 5.74) is 1.70. The Morgan fingerprint density at radius 3 is 2.28 bits per heavy atom. The lowest BCUT2D eigenvalue weighted by atomic mass is 10.1. The van der Waals surface area contributed by atoms with Gasteiger partial charge in [0, 0.05) is 10.0 Å². The SMILES string of the molecule is Cc1ccc(S(=O)(=O)N2C(=O)OC(c3ccc(Cl)cc3)/C2=C/Br)cc1. The molecular weight excluding hydrogens is 430 g/mol. The van der Waals surface area contributed by atoms with Crippen molar-refractivity contribution in [2.75, 3.05) is 0 Å². The molecule has 0 aliphatic carbocycles. The normalized spacial score (nSPS) is 19.3. The van der Waals surface area contributed by atoms with Gasteiger partial charge in [-0.2, -0.15) is 4.31 Å². The monoisotopic (exact) mass is 441 g/mol. The van der Waals surface area contributed by atoms with Crippen LogP contribution in [0.3, 0.4) is 0 Å². The second-order valence-corrected chi connectivity index (χ2v) is 8.11. The Morgan fingerprint density at radius 1 is 1.12 bits per heavy atom. The van der Waals surface area contributed by atoms with Crippen LogP contribution in [0.25, 0.3) is 0 Å². The van der Waals surface area contributed by atoms with Crippen LogP contribution in [0.2, 0.25) is 5.02 Å². The number of amides is 1. The number of ether oxygens (including phenoxy) is 1. The van der Waals surface area contributed by atoms with Gasteiger partial charge >= 0.3 is 6.09 Å². The van der Waals surface area contributed by atoms with Crippen LogP contribution < -0.4 is 0 Å². The fourth-order valence-electron chi connectivity index (χ4n) is 2.45. The molecule has 1 unspecified atom stereocenters. The van der Waals surface area contributed by atoms with E-state index in [-0.39, 0.29) is 10.6 Å². The average molecular weight is 443 g/mol. The molecule has 1 heterocycles. The number of nitrogens with zero attached hydrogens (tertiary/aromatic N) is 1. The van der Waals surface area contributed by atoms with Gasteiger partial charge < -0.3 is 4.74 Å². The summed E-state index contributed by atoms with van der Waals surface area (Å²) >= 11 is 9.02. The highest BCUT2D eigenvalue weighted by Crippen LogP contribution is 2.40. The van der Waals surface area contributed by atoms with Crippen molar-refractivity contribution in [3.8, 4) is 0 Å². The van der Waals surface area contributed by atoms with Gasteiger partial charge in [-0.1, -0.05) is 57.4 Å². The van der Waals surface area contributed by atoms with Crippen molar-refractivity contribution in [2.45, 2.75) is 17.9 Å². The van der Waals surface area contributed by atoms with Crippen LogP contribution in [0.4, 0.5) is 4.79 Å². The second-order valence-electron chi connectivity index (χ2n) is 5.43. The Bertz CT molecular complexity index is 940. The minimum absolute atomic E-state index is 0.0126. The molecule has 1 fully saturated rings. The summed E-state index contributed by atoms with van der Waals surface area (Å²) in [6.07, 6.45) is -1.80. The molecule has 1 saturated heterocycles. The predicted molar refractivity (Wildman–Crippen MR) is 97.9 cm³/mol. The number of hydrogen-bond donors (Lipinski definition) is 0. The van der Waals surface area contributed by atoms with Crippen LogP contribution in [-0.2, 0) is 14.8 Å². The zero-order valence-electron chi connectivity index (χ0n) is 13.0. The lowest BCUT2D eigenvalue weighted by Crippen LogP contribution is -2.30. The topological polar surface area (TPSA) is 63.7 Å². The van der Waals surface area contributed by atoms with Crippen molar-refractivity contribution >= 4 is 43.6 Å². The number of rotatable bonds is 3. The summed E-state index contributed by atoms with van der Waals surface area (Å²) < 4.78 is 31.8. The molecule has 0 aromatic heterocycles. The summed E-state index contributed by atoms with van der Waals surface area (Å²) in [6.45, 7) is 1.85. The van der Waals surface area contributed by atoms with E-state index in [1.807, 2.05) is 6.92 Å². The first kappa shape index (κ1) is 18.0. The molecule has 1 amide bonds. The van der Waals surface area contributed by atoms with Crippen LogP contribution in [0.5, 0.6) is 0 Å². The molecule has 2 aromatic carbocycles. The van der Waals surface area contributed by atoms with Crippen molar-refractivity contribution in [2.24, 2.45) is 0 Å². The lowest BCUT2D eigenvalue weighted by molar-refractivity contribution is 0.140. The minimum atomic E-state index is -4.08. The van der Waals surface area contributed by atoms with E-state index in [4.69, 9.17) is 16.3 Å². The highest BCUT2D eigenvalue weighted by molar-refractivity contribution is 9.11. The molecule has 1 atom stereocenters. The van der Waals surface area contributed by atoms with Crippen LogP contribution >= 0.6 is 27.5 Å². The number of benzene rings is 2. The molecule has 0 bridgehead atoms. The molecule has 0 N–H and O–H groups in total. The molecule has 130 valence electrons. The third-order valence-corrected chi connectivity index (χ3v) is 6.16. The first-order valence-electron chi connectivity index (χ1n) is 7.23. The summed E-state index contributed by atoms with van der Waals surface area (Å²) in [6, 6.07) is 12.9. The molecule has 1 aliphatic heterocycles. The van der Waals surface area contributed by atoms with Crippen molar-refractivity contribution in [1.82, 2.24) is 4.31 Å². The number of carbonyl (C=O) groups excluding carboxylic acids is 1. The first-order valence-corrected chi connectivity index (χ1v) is 9.96. The van der Waals surface area contributed by atoms with Gasteiger partial charge in [-0.3, -0.25) is 0 Å². The van der Waals surface area contributed by atoms with Crippen LogP contribution in [-0.4, -0.2) is 18.8 Å². The second kappa shape index (κ2) is 6.82. The Morgan fingerprint density at radius 2 is 1.72 bits per heavy atom. The summed E-state index contributed by atoms with van der Waals surface area (Å²) in [5, 5.41) is 0.529. The number of carbonyl (C=O) groups is 1. The number of sulfonamides is 1. The average Bonchev–Trinajstić information content (AvgIpc) is 2.93. The predicted octanol–water partition coefficient (Wildman–Crippen LogP) is 4.77. The standard InChI is InChI=1S/C17H13BrClNO4S/c1-11-2-8-14(9-3-11)25(22,23)20-15(10-18)16(24-17(20)21)12-4-6-13(19)7-5-12/h2-10,16H,1H3/b15-10-. The van der Waals surface area contributed by atoms with Gasteiger partial charge in [0.25, 0.3) is 10.0 Å². The number of aryl methyl sites for hydroxylation is 1. The summed E-state index contributed by atoms with van der Waals surface area (Å²) in [5.74, 6) is 0. The maximum absolute atomic E-state index is 12.9. The third kappa shape index (κ3) is 3.31. The molecule has 1 aliphatic rings. The highest BCUT2D eigenvalue weighted by atomic mass is 79.9. The zero-order chi connectivity index (χ0) is 18.2. The molecule has 0 saturated carbocycles. The van der Waals surface area contributed by atoms with E-state index < -0.39 is 22.2 Å². The summed E-state index contributed by atoms with van der Waals surface area (Å²) in [4.78, 5) is 13.7. The first-order chi connectivity index (χ1) is 11.8. The molecular formula is C17H13BrClNO4S. The van der Waals surface area contributed by atoms with E-state index in [1.165, 1.54) is 17.1 Å². The van der Waals surface area contributed by atoms with E-state index in [2.05, 4.69) is 15.9 Å². The summed E-state index contributed by atoms with van der Waals surface area (Å²) in [7, 11) is -4.08. The third-order valence-electron chi connectivity index (χ3n) is 3.73. The van der Waals surface area contributed by atoms with E-state index >= 15 is 0 Å². The largest absolute Gasteiger partial charge is 0.434 e. The Balaban J connectivity index is 2.03. The molecule has 0 spiro atoms. The van der Waals surface area contributed by atoms with Gasteiger partial charge in [0.05, 0.1) is 10.6 Å². The molecule has 3 rings (SSSR count). The van der Waals surface area contributed by atoms with Gasteiger partial charge in [0.2, 0.25) is 0 Å². The van der Waals surface area contributed by atoms with Gasteiger partial charge in [-0.15, -0.1) is 0 Å². The van der Waals surface area contributed by atoms with Crippen LogP contribution in [0.15, 0.2) is 64.1 Å². The van der Waals surface area contributed by atoms with Crippen molar-refractivity contribution < 1.29 is 17.9 Å². The highest BCUT2D eigenvalue weighted by Gasteiger charge is 2.45. The number of halogens is 2. The van der Waals surface area contributed by atoms with E-state index in [1.54, 1.807) is 36.4 Å². The zero-order valence-corrected chi connectivity index (χ0v) is 16.2. The van der Waals surface area contributed by atoms with E-state index in [0.717, 1.165) is 5.56 Å². The van der Waals surface area contributed by atoms with Gasteiger partial charge in [-0.05, 0) is 36.8 Å².